The van der Waals surface area contributed by atoms with Gasteiger partial charge < -0.3 is 14.1 Å². The van der Waals surface area contributed by atoms with Gasteiger partial charge in [0.2, 0.25) is 11.8 Å². The number of benzene rings is 1. The molecule has 1 aromatic heterocycles. The van der Waals surface area contributed by atoms with Crippen molar-refractivity contribution in [1.82, 2.24) is 15.1 Å². The first-order valence-corrected chi connectivity index (χ1v) is 8.81. The maximum atomic E-state index is 12.8. The summed E-state index contributed by atoms with van der Waals surface area (Å²) in [6.07, 6.45) is 1.51. The van der Waals surface area contributed by atoms with E-state index in [-0.39, 0.29) is 17.7 Å². The largest absolute Gasteiger partial charge is 0.465 e. The molecule has 1 amide bonds. The van der Waals surface area contributed by atoms with Crippen molar-refractivity contribution in [2.75, 3.05) is 20.2 Å². The molecule has 0 N–H and O–H groups in total. The summed E-state index contributed by atoms with van der Waals surface area (Å²) in [6, 6.07) is 6.74. The summed E-state index contributed by atoms with van der Waals surface area (Å²) in [5.74, 6) is 0.998. The van der Waals surface area contributed by atoms with Gasteiger partial charge in [0.05, 0.1) is 18.2 Å². The highest BCUT2D eigenvalue weighted by molar-refractivity contribution is 6.05. The molecule has 2 heterocycles. The van der Waals surface area contributed by atoms with E-state index < -0.39 is 5.97 Å². The van der Waals surface area contributed by atoms with Gasteiger partial charge in [0.15, 0.2) is 0 Å². The minimum atomic E-state index is -0.504. The molecule has 138 valence electrons. The molecule has 2 aromatic rings. The van der Waals surface area contributed by atoms with Gasteiger partial charge in [-0.1, -0.05) is 26.0 Å². The third-order valence-electron chi connectivity index (χ3n) is 4.64. The number of esters is 1. The lowest BCUT2D eigenvalue weighted by Gasteiger charge is -2.30. The number of carbonyl (C=O) groups excluding carboxylic acids is 2. The second-order valence-corrected chi connectivity index (χ2v) is 6.74. The topological polar surface area (TPSA) is 85.5 Å². The molecule has 1 saturated heterocycles. The van der Waals surface area contributed by atoms with E-state index in [1.54, 1.807) is 29.2 Å². The number of ether oxygens (including phenoxy) is 1. The molecule has 0 unspecified atom stereocenters. The van der Waals surface area contributed by atoms with Crippen LogP contribution in [0.4, 0.5) is 0 Å². The number of hydrogen-bond acceptors (Lipinski definition) is 6. The monoisotopic (exact) mass is 357 g/mol. The quantitative estimate of drug-likeness (QED) is 0.782. The lowest BCUT2D eigenvalue weighted by atomic mass is 9.95. The molecule has 26 heavy (non-hydrogen) atoms. The Morgan fingerprint density at radius 1 is 1.15 bits per heavy atom. The van der Waals surface area contributed by atoms with E-state index in [0.29, 0.717) is 36.0 Å². The Bertz CT molecular complexity index is 792. The van der Waals surface area contributed by atoms with Crippen LogP contribution in [0.2, 0.25) is 0 Å². The molecule has 0 aliphatic carbocycles. The third kappa shape index (κ3) is 3.61. The van der Waals surface area contributed by atoms with Gasteiger partial charge >= 0.3 is 5.97 Å². The second-order valence-electron chi connectivity index (χ2n) is 6.74. The molecular weight excluding hydrogens is 334 g/mol. The molecule has 1 aliphatic heterocycles. The number of aromatic nitrogens is 2. The molecule has 1 fully saturated rings. The van der Waals surface area contributed by atoms with E-state index in [0.717, 1.165) is 12.8 Å². The Labute approximate surface area is 152 Å². The van der Waals surface area contributed by atoms with Crippen molar-refractivity contribution in [3.8, 4) is 0 Å². The number of likely N-dealkylation sites (tertiary alicyclic amines) is 1. The molecular formula is C19H23N3O4. The van der Waals surface area contributed by atoms with Gasteiger partial charge in [-0.05, 0) is 25.0 Å². The van der Waals surface area contributed by atoms with Crippen LogP contribution in [0.1, 0.15) is 71.0 Å². The molecule has 1 aliphatic rings. The van der Waals surface area contributed by atoms with Gasteiger partial charge in [0.25, 0.3) is 5.91 Å². The molecule has 0 radical (unpaired) electrons. The van der Waals surface area contributed by atoms with Crippen molar-refractivity contribution >= 4 is 11.9 Å². The van der Waals surface area contributed by atoms with Crippen molar-refractivity contribution in [2.24, 2.45) is 0 Å². The molecule has 7 heteroatoms. The van der Waals surface area contributed by atoms with E-state index in [1.165, 1.54) is 7.11 Å². The van der Waals surface area contributed by atoms with Crippen molar-refractivity contribution in [3.05, 3.63) is 47.2 Å². The van der Waals surface area contributed by atoms with Crippen LogP contribution in [0.15, 0.2) is 28.7 Å². The Morgan fingerprint density at radius 2 is 1.81 bits per heavy atom. The highest BCUT2D eigenvalue weighted by Gasteiger charge is 2.29. The van der Waals surface area contributed by atoms with Crippen LogP contribution in [0, 0.1) is 0 Å². The average molecular weight is 357 g/mol. The van der Waals surface area contributed by atoms with Crippen LogP contribution >= 0.6 is 0 Å². The zero-order chi connectivity index (χ0) is 18.7. The number of methoxy groups -OCH3 is 1. The number of hydrogen-bond donors (Lipinski definition) is 0. The summed E-state index contributed by atoms with van der Waals surface area (Å²) >= 11 is 0. The van der Waals surface area contributed by atoms with Gasteiger partial charge in [-0.3, -0.25) is 4.79 Å². The van der Waals surface area contributed by atoms with Crippen molar-refractivity contribution in [1.29, 1.82) is 0 Å². The fourth-order valence-corrected chi connectivity index (χ4v) is 3.10. The maximum Gasteiger partial charge on any atom is 0.338 e. The fraction of sp³-hybridized carbons (Fsp3) is 0.474. The first-order chi connectivity index (χ1) is 12.5. The summed E-state index contributed by atoms with van der Waals surface area (Å²) in [4.78, 5) is 26.5. The van der Waals surface area contributed by atoms with E-state index in [9.17, 15) is 9.59 Å². The summed E-state index contributed by atoms with van der Waals surface area (Å²) < 4.78 is 10.5. The number of rotatable bonds is 4. The van der Waals surface area contributed by atoms with Crippen LogP contribution in [-0.2, 0) is 4.74 Å². The van der Waals surface area contributed by atoms with E-state index in [2.05, 4.69) is 10.2 Å². The minimum absolute atomic E-state index is 0.155. The molecule has 0 saturated carbocycles. The minimum Gasteiger partial charge on any atom is -0.465 e. The zero-order valence-electron chi connectivity index (χ0n) is 15.3. The Kier molecular flexibility index (Phi) is 5.35. The summed E-state index contributed by atoms with van der Waals surface area (Å²) in [7, 11) is 1.31. The SMILES string of the molecule is COC(=O)c1ccccc1C(=O)N1CCC(c2nnc(C(C)C)o2)CC1. The molecule has 7 nitrogen and oxygen atoms in total. The normalized spacial score (nSPS) is 15.3. The highest BCUT2D eigenvalue weighted by Crippen LogP contribution is 2.29. The van der Waals surface area contributed by atoms with Crippen molar-refractivity contribution in [2.45, 2.75) is 38.5 Å². The molecule has 0 bridgehead atoms. The van der Waals surface area contributed by atoms with Crippen LogP contribution in [0.5, 0.6) is 0 Å². The van der Waals surface area contributed by atoms with Gasteiger partial charge in [-0.15, -0.1) is 10.2 Å². The summed E-state index contributed by atoms with van der Waals surface area (Å²) in [5.41, 5.74) is 0.665. The van der Waals surface area contributed by atoms with Crippen LogP contribution < -0.4 is 0 Å². The predicted molar refractivity (Wildman–Crippen MR) is 94.0 cm³/mol. The Hall–Kier alpha value is -2.70. The van der Waals surface area contributed by atoms with E-state index >= 15 is 0 Å². The van der Waals surface area contributed by atoms with Gasteiger partial charge in [0, 0.05) is 24.9 Å². The van der Waals surface area contributed by atoms with E-state index in [4.69, 9.17) is 9.15 Å². The van der Waals surface area contributed by atoms with Gasteiger partial charge in [-0.25, -0.2) is 4.79 Å². The second kappa shape index (κ2) is 7.68. The molecule has 0 spiro atoms. The lowest BCUT2D eigenvalue weighted by molar-refractivity contribution is 0.0586. The number of piperidine rings is 1. The maximum absolute atomic E-state index is 12.8. The lowest BCUT2D eigenvalue weighted by Crippen LogP contribution is -2.38. The van der Waals surface area contributed by atoms with E-state index in [1.807, 2.05) is 13.8 Å². The zero-order valence-corrected chi connectivity index (χ0v) is 15.3. The Morgan fingerprint density at radius 3 is 2.38 bits per heavy atom. The van der Waals surface area contributed by atoms with Crippen LogP contribution in [0.25, 0.3) is 0 Å². The molecule has 1 aromatic carbocycles. The average Bonchev–Trinajstić information content (AvgIpc) is 3.17. The molecule has 3 rings (SSSR count). The van der Waals surface area contributed by atoms with Crippen molar-refractivity contribution in [3.63, 3.8) is 0 Å². The van der Waals surface area contributed by atoms with Crippen molar-refractivity contribution < 1.29 is 18.7 Å². The van der Waals surface area contributed by atoms with Gasteiger partial charge in [0.1, 0.15) is 0 Å². The predicted octanol–water partition coefficient (Wildman–Crippen LogP) is 3.00. The number of amides is 1. The van der Waals surface area contributed by atoms with Gasteiger partial charge in [-0.2, -0.15) is 0 Å². The first kappa shape index (κ1) is 18.1. The smallest absolute Gasteiger partial charge is 0.338 e. The third-order valence-corrected chi connectivity index (χ3v) is 4.64. The van der Waals surface area contributed by atoms with Crippen LogP contribution in [-0.4, -0.2) is 47.2 Å². The summed E-state index contributed by atoms with van der Waals surface area (Å²) in [5, 5.41) is 8.24. The fourth-order valence-electron chi connectivity index (χ4n) is 3.10. The standard InChI is InChI=1S/C19H23N3O4/c1-12(2)16-20-21-17(26-16)13-8-10-22(11-9-13)18(23)14-6-4-5-7-15(14)19(24)25-3/h4-7,12-13H,8-11H2,1-3H3. The number of nitrogens with zero attached hydrogens (tertiary/aromatic N) is 3. The Balaban J connectivity index is 1.68. The van der Waals surface area contributed by atoms with Crippen LogP contribution in [0.3, 0.4) is 0 Å². The number of carbonyl (C=O) groups is 2. The highest BCUT2D eigenvalue weighted by atomic mass is 16.5. The molecule has 0 atom stereocenters. The first-order valence-electron chi connectivity index (χ1n) is 8.81. The summed E-state index contributed by atoms with van der Waals surface area (Å²) in [6.45, 7) is 5.19.